The van der Waals surface area contributed by atoms with Gasteiger partial charge < -0.3 is 9.64 Å². The lowest BCUT2D eigenvalue weighted by Crippen LogP contribution is -2.15. The number of hydrogen-bond acceptors (Lipinski definition) is 2. The van der Waals surface area contributed by atoms with Crippen LogP contribution in [0.15, 0.2) is 36.4 Å². The minimum absolute atomic E-state index is 0.926. The van der Waals surface area contributed by atoms with E-state index in [4.69, 9.17) is 4.74 Å². The number of nitrogens with zero attached hydrogens (tertiary/aromatic N) is 1. The van der Waals surface area contributed by atoms with E-state index in [1.54, 1.807) is 7.11 Å². The lowest BCUT2D eigenvalue weighted by molar-refractivity contribution is 0.413. The van der Waals surface area contributed by atoms with E-state index >= 15 is 0 Å². The molecule has 2 aromatic rings. The van der Waals surface area contributed by atoms with Crippen LogP contribution in [-0.4, -0.2) is 32.6 Å². The third kappa shape index (κ3) is 2.77. The number of methoxy groups -OCH3 is 1. The van der Waals surface area contributed by atoms with Crippen LogP contribution in [0.2, 0.25) is 0 Å². The number of rotatable bonds is 4. The predicted molar refractivity (Wildman–Crippen MR) is 72.8 cm³/mol. The Kier molecular flexibility index (Phi) is 3.64. The Morgan fingerprint density at radius 2 is 1.94 bits per heavy atom. The Bertz CT molecular complexity index is 505. The van der Waals surface area contributed by atoms with Crippen molar-refractivity contribution in [2.75, 3.05) is 27.7 Å². The maximum Gasteiger partial charge on any atom is 0.119 e. The van der Waals surface area contributed by atoms with E-state index in [9.17, 15) is 0 Å². The number of likely N-dealkylation sites (N-methyl/N-ethyl adjacent to an activating group) is 1. The van der Waals surface area contributed by atoms with Gasteiger partial charge in [0.15, 0.2) is 0 Å². The van der Waals surface area contributed by atoms with Gasteiger partial charge in [0.25, 0.3) is 0 Å². The molecule has 0 spiro atoms. The first-order valence-corrected chi connectivity index (χ1v) is 5.91. The van der Waals surface area contributed by atoms with E-state index in [0.29, 0.717) is 0 Å². The molecule has 2 rings (SSSR count). The van der Waals surface area contributed by atoms with E-state index < -0.39 is 0 Å². The van der Waals surface area contributed by atoms with Gasteiger partial charge in [0.1, 0.15) is 5.75 Å². The Labute approximate surface area is 103 Å². The van der Waals surface area contributed by atoms with Crippen LogP contribution in [0.5, 0.6) is 5.75 Å². The first kappa shape index (κ1) is 11.9. The van der Waals surface area contributed by atoms with Gasteiger partial charge in [-0.1, -0.05) is 24.3 Å². The van der Waals surface area contributed by atoms with Crippen molar-refractivity contribution in [3.05, 3.63) is 42.0 Å². The molecule has 0 unspecified atom stereocenters. The highest BCUT2D eigenvalue weighted by atomic mass is 16.5. The summed E-state index contributed by atoms with van der Waals surface area (Å²) in [6.07, 6.45) is 1.07. The standard InChI is InChI=1S/C15H19NO/c1-16(2)10-9-13-6-4-5-12-7-8-14(17-3)11-15(12)13/h4-8,11H,9-10H2,1-3H3. The molecule has 0 atom stereocenters. The Hall–Kier alpha value is -1.54. The number of ether oxygens (including phenoxy) is 1. The Balaban J connectivity index is 2.39. The molecule has 0 amide bonds. The summed E-state index contributed by atoms with van der Waals surface area (Å²) in [5, 5.41) is 2.58. The van der Waals surface area contributed by atoms with Crippen LogP contribution in [0, 0.1) is 0 Å². The highest BCUT2D eigenvalue weighted by Crippen LogP contribution is 2.24. The van der Waals surface area contributed by atoms with Crippen molar-refractivity contribution in [2.24, 2.45) is 0 Å². The van der Waals surface area contributed by atoms with E-state index in [0.717, 1.165) is 18.7 Å². The van der Waals surface area contributed by atoms with E-state index in [1.807, 2.05) is 6.07 Å². The van der Waals surface area contributed by atoms with Crippen LogP contribution in [0.4, 0.5) is 0 Å². The quantitative estimate of drug-likeness (QED) is 0.799. The minimum Gasteiger partial charge on any atom is -0.497 e. The van der Waals surface area contributed by atoms with Gasteiger partial charge in [0, 0.05) is 6.54 Å². The second-order valence-corrected chi connectivity index (χ2v) is 4.56. The average Bonchev–Trinajstić information content (AvgIpc) is 2.35. The van der Waals surface area contributed by atoms with Gasteiger partial charge in [0.05, 0.1) is 7.11 Å². The molecule has 2 nitrogen and oxygen atoms in total. The highest BCUT2D eigenvalue weighted by molar-refractivity contribution is 5.87. The van der Waals surface area contributed by atoms with Crippen LogP contribution in [0.3, 0.4) is 0 Å². The molecule has 0 fully saturated rings. The molecule has 0 heterocycles. The summed E-state index contributed by atoms with van der Waals surface area (Å²) in [6, 6.07) is 12.7. The molecule has 0 radical (unpaired) electrons. The fraction of sp³-hybridized carbons (Fsp3) is 0.333. The molecule has 17 heavy (non-hydrogen) atoms. The van der Waals surface area contributed by atoms with Gasteiger partial charge in [0.2, 0.25) is 0 Å². The molecule has 2 aromatic carbocycles. The van der Waals surface area contributed by atoms with Crippen LogP contribution >= 0.6 is 0 Å². The lowest BCUT2D eigenvalue weighted by atomic mass is 10.0. The molecule has 0 aliphatic heterocycles. The molecular weight excluding hydrogens is 210 g/mol. The highest BCUT2D eigenvalue weighted by Gasteiger charge is 2.03. The van der Waals surface area contributed by atoms with Gasteiger partial charge in [-0.05, 0) is 49.0 Å². The zero-order valence-corrected chi connectivity index (χ0v) is 10.7. The summed E-state index contributed by atoms with van der Waals surface area (Å²) in [7, 11) is 5.92. The smallest absolute Gasteiger partial charge is 0.119 e. The van der Waals surface area contributed by atoms with Crippen LogP contribution in [0.1, 0.15) is 5.56 Å². The third-order valence-corrected chi connectivity index (χ3v) is 3.01. The summed E-state index contributed by atoms with van der Waals surface area (Å²) >= 11 is 0. The zero-order chi connectivity index (χ0) is 12.3. The van der Waals surface area contributed by atoms with E-state index in [-0.39, 0.29) is 0 Å². The predicted octanol–water partition coefficient (Wildman–Crippen LogP) is 2.95. The average molecular weight is 229 g/mol. The summed E-state index contributed by atoms with van der Waals surface area (Å²) < 4.78 is 5.29. The minimum atomic E-state index is 0.926. The summed E-state index contributed by atoms with van der Waals surface area (Å²) in [5.74, 6) is 0.926. The molecular formula is C15H19NO. The van der Waals surface area contributed by atoms with Gasteiger partial charge in [-0.2, -0.15) is 0 Å². The molecule has 90 valence electrons. The van der Waals surface area contributed by atoms with E-state index in [2.05, 4.69) is 49.3 Å². The summed E-state index contributed by atoms with van der Waals surface area (Å²) in [5.41, 5.74) is 1.38. The zero-order valence-electron chi connectivity index (χ0n) is 10.7. The van der Waals surface area contributed by atoms with Crippen molar-refractivity contribution in [3.63, 3.8) is 0 Å². The third-order valence-electron chi connectivity index (χ3n) is 3.01. The van der Waals surface area contributed by atoms with E-state index in [1.165, 1.54) is 16.3 Å². The van der Waals surface area contributed by atoms with Crippen molar-refractivity contribution >= 4 is 10.8 Å². The maximum absolute atomic E-state index is 5.29. The van der Waals surface area contributed by atoms with Gasteiger partial charge >= 0.3 is 0 Å². The van der Waals surface area contributed by atoms with Crippen LogP contribution in [-0.2, 0) is 6.42 Å². The fourth-order valence-electron chi connectivity index (χ4n) is 2.01. The second-order valence-electron chi connectivity index (χ2n) is 4.56. The molecule has 0 saturated carbocycles. The van der Waals surface area contributed by atoms with Crippen LogP contribution < -0.4 is 4.74 Å². The van der Waals surface area contributed by atoms with Crippen molar-refractivity contribution in [2.45, 2.75) is 6.42 Å². The Morgan fingerprint density at radius 1 is 1.12 bits per heavy atom. The molecule has 0 aliphatic rings. The van der Waals surface area contributed by atoms with Crippen molar-refractivity contribution in [1.82, 2.24) is 4.90 Å². The van der Waals surface area contributed by atoms with Gasteiger partial charge in [-0.15, -0.1) is 0 Å². The SMILES string of the molecule is COc1ccc2cccc(CCN(C)C)c2c1. The number of fused-ring (bicyclic) bond motifs is 1. The molecule has 0 aliphatic carbocycles. The lowest BCUT2D eigenvalue weighted by Gasteiger charge is -2.12. The van der Waals surface area contributed by atoms with Crippen molar-refractivity contribution in [1.29, 1.82) is 0 Å². The molecule has 2 heteroatoms. The first-order valence-electron chi connectivity index (χ1n) is 5.91. The van der Waals surface area contributed by atoms with Crippen molar-refractivity contribution < 1.29 is 4.74 Å². The molecule has 0 aromatic heterocycles. The largest absolute Gasteiger partial charge is 0.497 e. The van der Waals surface area contributed by atoms with Gasteiger partial charge in [-0.25, -0.2) is 0 Å². The number of benzene rings is 2. The van der Waals surface area contributed by atoms with Crippen molar-refractivity contribution in [3.8, 4) is 5.75 Å². The summed E-state index contributed by atoms with van der Waals surface area (Å²) in [6.45, 7) is 1.07. The molecule has 0 saturated heterocycles. The topological polar surface area (TPSA) is 12.5 Å². The molecule has 0 bridgehead atoms. The normalized spacial score (nSPS) is 11.1. The molecule has 0 N–H and O–H groups in total. The Morgan fingerprint density at radius 3 is 2.65 bits per heavy atom. The first-order chi connectivity index (χ1) is 8.20. The van der Waals surface area contributed by atoms with Crippen LogP contribution in [0.25, 0.3) is 10.8 Å². The summed E-state index contributed by atoms with van der Waals surface area (Å²) in [4.78, 5) is 2.21. The van der Waals surface area contributed by atoms with Gasteiger partial charge in [-0.3, -0.25) is 0 Å². The second kappa shape index (κ2) is 5.19. The number of hydrogen-bond donors (Lipinski definition) is 0. The monoisotopic (exact) mass is 229 g/mol. The fourth-order valence-corrected chi connectivity index (χ4v) is 2.01. The maximum atomic E-state index is 5.29.